The first-order chi connectivity index (χ1) is 9.74. The molecule has 0 aromatic heterocycles. The molecule has 2 aliphatic rings. The monoisotopic (exact) mass is 291 g/mol. The number of carbonyl (C=O) groups is 1. The fourth-order valence-electron chi connectivity index (χ4n) is 3.41. The van der Waals surface area contributed by atoms with Crippen LogP contribution < -0.4 is 0 Å². The molecule has 0 amide bonds. The Kier molecular flexibility index (Phi) is 4.32. The zero-order valence-electron chi connectivity index (χ0n) is 11.6. The summed E-state index contributed by atoms with van der Waals surface area (Å²) in [7, 11) is 0. The van der Waals surface area contributed by atoms with E-state index in [2.05, 4.69) is 16.7 Å². The topological polar surface area (TPSA) is 40.5 Å². The maximum Gasteiger partial charge on any atom is 0.335 e. The van der Waals surface area contributed by atoms with E-state index in [9.17, 15) is 4.79 Å². The molecule has 0 spiro atoms. The van der Waals surface area contributed by atoms with Gasteiger partial charge in [-0.25, -0.2) is 4.79 Å². The first kappa shape index (κ1) is 14.0. The highest BCUT2D eigenvalue weighted by Gasteiger charge is 2.33. The second-order valence-electron chi connectivity index (χ2n) is 5.74. The molecule has 2 fully saturated rings. The van der Waals surface area contributed by atoms with Crippen molar-refractivity contribution >= 4 is 17.7 Å². The minimum atomic E-state index is -0.836. The van der Waals surface area contributed by atoms with E-state index in [1.807, 2.05) is 18.2 Å². The van der Waals surface area contributed by atoms with Gasteiger partial charge in [0, 0.05) is 30.1 Å². The number of thioether (sulfide) groups is 1. The number of carboxylic acids is 1. The fraction of sp³-hybridized carbons (Fsp3) is 0.562. The molecule has 1 aliphatic heterocycles. The van der Waals surface area contributed by atoms with E-state index in [1.165, 1.54) is 31.4 Å². The molecule has 1 aliphatic carbocycles. The molecule has 1 saturated heterocycles. The summed E-state index contributed by atoms with van der Waals surface area (Å²) in [6, 6.07) is 8.08. The number of hydrogen-bond acceptors (Lipinski definition) is 3. The van der Waals surface area contributed by atoms with Gasteiger partial charge in [0.25, 0.3) is 0 Å². The molecule has 0 radical (unpaired) electrons. The Morgan fingerprint density at radius 2 is 2.20 bits per heavy atom. The van der Waals surface area contributed by atoms with Gasteiger partial charge in [-0.3, -0.25) is 4.90 Å². The predicted molar refractivity (Wildman–Crippen MR) is 82.3 cm³/mol. The molecule has 4 heteroatoms. The van der Waals surface area contributed by atoms with Gasteiger partial charge in [0.1, 0.15) is 0 Å². The van der Waals surface area contributed by atoms with E-state index in [-0.39, 0.29) is 0 Å². The summed E-state index contributed by atoms with van der Waals surface area (Å²) < 4.78 is 0. The molecular formula is C16H21NO2S. The molecule has 1 saturated carbocycles. The standard InChI is InChI=1S/C16H21NO2S/c18-16(19)13-5-3-4-12(10-13)11-17-8-9-20-15-7-2-1-6-14(15)17/h3-5,10,14-15H,1-2,6-9,11H2,(H,18,19). The molecule has 0 bridgehead atoms. The van der Waals surface area contributed by atoms with Crippen molar-refractivity contribution in [1.82, 2.24) is 4.90 Å². The third kappa shape index (κ3) is 3.01. The van der Waals surface area contributed by atoms with Gasteiger partial charge in [-0.15, -0.1) is 0 Å². The Bertz CT molecular complexity index is 489. The van der Waals surface area contributed by atoms with Crippen LogP contribution in [0.15, 0.2) is 24.3 Å². The molecule has 1 aromatic carbocycles. The molecule has 1 N–H and O–H groups in total. The van der Waals surface area contributed by atoms with Crippen LogP contribution in [0.1, 0.15) is 41.6 Å². The number of nitrogens with zero attached hydrogens (tertiary/aromatic N) is 1. The highest BCUT2D eigenvalue weighted by Crippen LogP contribution is 2.36. The van der Waals surface area contributed by atoms with Crippen LogP contribution in [-0.4, -0.2) is 39.6 Å². The minimum Gasteiger partial charge on any atom is -0.478 e. The molecule has 3 nitrogen and oxygen atoms in total. The third-order valence-corrected chi connectivity index (χ3v) is 5.80. The lowest BCUT2D eigenvalue weighted by Gasteiger charge is -2.43. The van der Waals surface area contributed by atoms with Crippen LogP contribution in [0.5, 0.6) is 0 Å². The van der Waals surface area contributed by atoms with E-state index in [0.717, 1.165) is 23.9 Å². The highest BCUT2D eigenvalue weighted by molar-refractivity contribution is 8.00. The summed E-state index contributed by atoms with van der Waals surface area (Å²) >= 11 is 2.13. The van der Waals surface area contributed by atoms with Crippen LogP contribution in [0.25, 0.3) is 0 Å². The fourth-order valence-corrected chi connectivity index (χ4v) is 4.92. The van der Waals surface area contributed by atoms with Crippen molar-refractivity contribution in [2.45, 2.75) is 43.5 Å². The van der Waals surface area contributed by atoms with Gasteiger partial charge in [0.2, 0.25) is 0 Å². The van der Waals surface area contributed by atoms with E-state index in [4.69, 9.17) is 5.11 Å². The molecule has 20 heavy (non-hydrogen) atoms. The largest absolute Gasteiger partial charge is 0.478 e. The number of benzene rings is 1. The summed E-state index contributed by atoms with van der Waals surface area (Å²) in [5, 5.41) is 9.88. The van der Waals surface area contributed by atoms with Crippen LogP contribution in [0.4, 0.5) is 0 Å². The minimum absolute atomic E-state index is 0.397. The Morgan fingerprint density at radius 3 is 3.05 bits per heavy atom. The van der Waals surface area contributed by atoms with Gasteiger partial charge in [-0.1, -0.05) is 25.0 Å². The molecule has 1 heterocycles. The lowest BCUT2D eigenvalue weighted by molar-refractivity contribution is 0.0696. The van der Waals surface area contributed by atoms with E-state index in [1.54, 1.807) is 6.07 Å². The van der Waals surface area contributed by atoms with Crippen LogP contribution in [-0.2, 0) is 6.54 Å². The quantitative estimate of drug-likeness (QED) is 0.928. The van der Waals surface area contributed by atoms with Crippen molar-refractivity contribution in [3.63, 3.8) is 0 Å². The molecule has 2 atom stereocenters. The number of hydrogen-bond donors (Lipinski definition) is 1. The van der Waals surface area contributed by atoms with Crippen LogP contribution >= 0.6 is 11.8 Å². The average molecular weight is 291 g/mol. The second-order valence-corrected chi connectivity index (χ2v) is 7.08. The van der Waals surface area contributed by atoms with Crippen molar-refractivity contribution in [2.24, 2.45) is 0 Å². The third-order valence-electron chi connectivity index (χ3n) is 4.41. The van der Waals surface area contributed by atoms with E-state index >= 15 is 0 Å². The predicted octanol–water partition coefficient (Wildman–Crippen LogP) is 3.24. The Morgan fingerprint density at radius 1 is 1.35 bits per heavy atom. The summed E-state index contributed by atoms with van der Waals surface area (Å²) in [6.07, 6.45) is 5.36. The zero-order chi connectivity index (χ0) is 13.9. The molecule has 108 valence electrons. The molecule has 2 unspecified atom stereocenters. The summed E-state index contributed by atoms with van der Waals surface area (Å²) in [6.45, 7) is 2.02. The zero-order valence-corrected chi connectivity index (χ0v) is 12.4. The smallest absolute Gasteiger partial charge is 0.335 e. The van der Waals surface area contributed by atoms with Crippen molar-refractivity contribution in [1.29, 1.82) is 0 Å². The number of fused-ring (bicyclic) bond motifs is 1. The number of aromatic carboxylic acids is 1. The maximum atomic E-state index is 11.1. The summed E-state index contributed by atoms with van der Waals surface area (Å²) in [5.74, 6) is 0.372. The first-order valence-corrected chi connectivity index (χ1v) is 8.47. The van der Waals surface area contributed by atoms with Crippen molar-refractivity contribution < 1.29 is 9.90 Å². The molecular weight excluding hydrogens is 270 g/mol. The Balaban J connectivity index is 1.72. The molecule has 1 aromatic rings. The summed E-state index contributed by atoms with van der Waals surface area (Å²) in [5.41, 5.74) is 1.52. The Hall–Kier alpha value is -1.00. The van der Waals surface area contributed by atoms with E-state index in [0.29, 0.717) is 11.6 Å². The lowest BCUT2D eigenvalue weighted by Crippen LogP contribution is -2.48. The molecule has 3 rings (SSSR count). The van der Waals surface area contributed by atoms with E-state index < -0.39 is 5.97 Å². The van der Waals surface area contributed by atoms with Gasteiger partial charge in [-0.05, 0) is 30.5 Å². The van der Waals surface area contributed by atoms with Crippen molar-refractivity contribution in [3.05, 3.63) is 35.4 Å². The first-order valence-electron chi connectivity index (χ1n) is 7.42. The number of carboxylic acid groups (broad SMARTS) is 1. The second kappa shape index (κ2) is 6.19. The van der Waals surface area contributed by atoms with Crippen LogP contribution in [0.3, 0.4) is 0 Å². The van der Waals surface area contributed by atoms with Crippen LogP contribution in [0.2, 0.25) is 0 Å². The lowest BCUT2D eigenvalue weighted by atomic mass is 9.93. The summed E-state index contributed by atoms with van der Waals surface area (Å²) in [4.78, 5) is 13.6. The highest BCUT2D eigenvalue weighted by atomic mass is 32.2. The van der Waals surface area contributed by atoms with Gasteiger partial charge < -0.3 is 5.11 Å². The Labute approximate surface area is 124 Å². The maximum absolute atomic E-state index is 11.1. The number of rotatable bonds is 3. The average Bonchev–Trinajstić information content (AvgIpc) is 2.48. The van der Waals surface area contributed by atoms with Gasteiger partial charge >= 0.3 is 5.97 Å². The SMILES string of the molecule is O=C(O)c1cccc(CN2CCSC3CCCCC32)c1. The van der Waals surface area contributed by atoms with Gasteiger partial charge in [-0.2, -0.15) is 11.8 Å². The normalized spacial score (nSPS) is 27.0. The van der Waals surface area contributed by atoms with Gasteiger partial charge in [0.05, 0.1) is 5.56 Å². The van der Waals surface area contributed by atoms with Crippen molar-refractivity contribution in [3.8, 4) is 0 Å². The van der Waals surface area contributed by atoms with Crippen LogP contribution in [0, 0.1) is 0 Å². The van der Waals surface area contributed by atoms with Crippen molar-refractivity contribution in [2.75, 3.05) is 12.3 Å². The van der Waals surface area contributed by atoms with Gasteiger partial charge in [0.15, 0.2) is 0 Å².